The Labute approximate surface area is 110 Å². The predicted octanol–water partition coefficient (Wildman–Crippen LogP) is 2.83. The lowest BCUT2D eigenvalue weighted by Gasteiger charge is -2.28. The molecule has 0 aromatic heterocycles. The van der Waals surface area contributed by atoms with E-state index in [9.17, 15) is 4.79 Å². The lowest BCUT2D eigenvalue weighted by atomic mass is 10.1. The van der Waals surface area contributed by atoms with Crippen LogP contribution < -0.4 is 0 Å². The Morgan fingerprint density at radius 1 is 1.50 bits per heavy atom. The van der Waals surface area contributed by atoms with Gasteiger partial charge in [-0.3, -0.25) is 0 Å². The van der Waals surface area contributed by atoms with E-state index >= 15 is 0 Å². The third-order valence-electron chi connectivity index (χ3n) is 2.80. The summed E-state index contributed by atoms with van der Waals surface area (Å²) < 4.78 is 10.9. The summed E-state index contributed by atoms with van der Waals surface area (Å²) in [6.07, 6.45) is 2.45. The van der Waals surface area contributed by atoms with E-state index in [4.69, 9.17) is 9.47 Å². The first kappa shape index (κ1) is 15.0. The molecule has 1 aliphatic rings. The van der Waals surface area contributed by atoms with Gasteiger partial charge >= 0.3 is 6.09 Å². The molecule has 104 valence electrons. The van der Waals surface area contributed by atoms with E-state index in [0.29, 0.717) is 19.1 Å². The van der Waals surface area contributed by atoms with E-state index < -0.39 is 5.60 Å². The topological polar surface area (TPSA) is 38.8 Å². The third kappa shape index (κ3) is 4.69. The number of nitrogens with zero attached hydrogens (tertiary/aromatic N) is 1. The van der Waals surface area contributed by atoms with Gasteiger partial charge < -0.3 is 14.4 Å². The fraction of sp³-hybridized carbons (Fsp3) is 0.786. The predicted molar refractivity (Wildman–Crippen MR) is 71.5 cm³/mol. The van der Waals surface area contributed by atoms with Crippen LogP contribution in [0.5, 0.6) is 0 Å². The largest absolute Gasteiger partial charge is 0.444 e. The van der Waals surface area contributed by atoms with E-state index in [2.05, 4.69) is 13.5 Å². The Bertz CT molecular complexity index is 296. The van der Waals surface area contributed by atoms with Crippen LogP contribution in [0.15, 0.2) is 12.7 Å². The standard InChI is InChI=1S/C14H25NO3/c1-6-7-17-10-12-8-11(2)9-15(12)13(16)18-14(3,4)5/h6,11-12H,1,7-10H2,2-5H3/t11-,12+/m1/s1. The van der Waals surface area contributed by atoms with Crippen LogP contribution in [0.25, 0.3) is 0 Å². The maximum absolute atomic E-state index is 12.1. The summed E-state index contributed by atoms with van der Waals surface area (Å²) in [5.74, 6) is 0.495. The summed E-state index contributed by atoms with van der Waals surface area (Å²) in [5.41, 5.74) is -0.449. The second kappa shape index (κ2) is 6.23. The maximum Gasteiger partial charge on any atom is 0.410 e. The molecule has 2 atom stereocenters. The second-order valence-corrected chi connectivity index (χ2v) is 5.95. The van der Waals surface area contributed by atoms with Gasteiger partial charge in [0.1, 0.15) is 5.60 Å². The van der Waals surface area contributed by atoms with Crippen molar-refractivity contribution in [3.05, 3.63) is 12.7 Å². The molecule has 0 unspecified atom stereocenters. The van der Waals surface area contributed by atoms with Gasteiger partial charge in [0, 0.05) is 6.54 Å². The number of likely N-dealkylation sites (tertiary alicyclic amines) is 1. The van der Waals surface area contributed by atoms with Gasteiger partial charge in [-0.25, -0.2) is 4.79 Å². The molecule has 4 heteroatoms. The Morgan fingerprint density at radius 3 is 2.72 bits per heavy atom. The molecule has 1 heterocycles. The van der Waals surface area contributed by atoms with Crippen LogP contribution >= 0.6 is 0 Å². The molecule has 0 aliphatic carbocycles. The lowest BCUT2D eigenvalue weighted by molar-refractivity contribution is 0.0125. The fourth-order valence-corrected chi connectivity index (χ4v) is 2.14. The molecule has 0 aromatic carbocycles. The number of rotatable bonds is 4. The minimum Gasteiger partial charge on any atom is -0.444 e. The van der Waals surface area contributed by atoms with Crippen LogP contribution in [-0.2, 0) is 9.47 Å². The molecule has 0 bridgehead atoms. The number of ether oxygens (including phenoxy) is 2. The highest BCUT2D eigenvalue weighted by Gasteiger charge is 2.35. The summed E-state index contributed by atoms with van der Waals surface area (Å²) in [6, 6.07) is 0.120. The van der Waals surface area contributed by atoms with Crippen LogP contribution in [0.1, 0.15) is 34.1 Å². The molecule has 4 nitrogen and oxygen atoms in total. The molecule has 1 amide bonds. The number of carbonyl (C=O) groups is 1. The van der Waals surface area contributed by atoms with Gasteiger partial charge in [0.15, 0.2) is 0 Å². The Morgan fingerprint density at radius 2 is 2.17 bits per heavy atom. The monoisotopic (exact) mass is 255 g/mol. The molecule has 0 spiro atoms. The molecule has 1 rings (SSSR count). The van der Waals surface area contributed by atoms with Crippen molar-refractivity contribution in [3.8, 4) is 0 Å². The third-order valence-corrected chi connectivity index (χ3v) is 2.80. The number of hydrogen-bond donors (Lipinski definition) is 0. The zero-order valence-electron chi connectivity index (χ0n) is 11.9. The Hall–Kier alpha value is -1.03. The van der Waals surface area contributed by atoms with Crippen LogP contribution in [-0.4, -0.2) is 42.4 Å². The van der Waals surface area contributed by atoms with Crippen molar-refractivity contribution in [2.24, 2.45) is 5.92 Å². The average molecular weight is 255 g/mol. The van der Waals surface area contributed by atoms with Crippen molar-refractivity contribution in [1.29, 1.82) is 0 Å². The van der Waals surface area contributed by atoms with Gasteiger partial charge in [-0.15, -0.1) is 6.58 Å². The van der Waals surface area contributed by atoms with Gasteiger partial charge in [-0.2, -0.15) is 0 Å². The zero-order valence-corrected chi connectivity index (χ0v) is 11.9. The average Bonchev–Trinajstić information content (AvgIpc) is 2.58. The molecule has 0 saturated carbocycles. The van der Waals surface area contributed by atoms with E-state index in [0.717, 1.165) is 13.0 Å². The minimum absolute atomic E-state index is 0.120. The molecule has 0 aromatic rings. The van der Waals surface area contributed by atoms with Crippen LogP contribution in [0.4, 0.5) is 4.79 Å². The van der Waals surface area contributed by atoms with Crippen molar-refractivity contribution in [3.63, 3.8) is 0 Å². The molecule has 0 radical (unpaired) electrons. The molecule has 1 fully saturated rings. The molecule has 18 heavy (non-hydrogen) atoms. The van der Waals surface area contributed by atoms with Gasteiger partial charge in [0.25, 0.3) is 0 Å². The quantitative estimate of drug-likeness (QED) is 0.573. The molecule has 0 N–H and O–H groups in total. The highest BCUT2D eigenvalue weighted by atomic mass is 16.6. The summed E-state index contributed by atoms with van der Waals surface area (Å²) in [5, 5.41) is 0. The highest BCUT2D eigenvalue weighted by molar-refractivity contribution is 5.69. The van der Waals surface area contributed by atoms with E-state index in [-0.39, 0.29) is 12.1 Å². The van der Waals surface area contributed by atoms with Crippen molar-refractivity contribution >= 4 is 6.09 Å². The van der Waals surface area contributed by atoms with Gasteiger partial charge in [0.2, 0.25) is 0 Å². The van der Waals surface area contributed by atoms with Crippen molar-refractivity contribution in [2.45, 2.75) is 45.8 Å². The summed E-state index contributed by atoms with van der Waals surface area (Å²) in [6.45, 7) is 13.2. The van der Waals surface area contributed by atoms with E-state index in [1.54, 1.807) is 11.0 Å². The van der Waals surface area contributed by atoms with Crippen molar-refractivity contribution < 1.29 is 14.3 Å². The van der Waals surface area contributed by atoms with Crippen LogP contribution in [0, 0.1) is 5.92 Å². The van der Waals surface area contributed by atoms with Gasteiger partial charge in [-0.05, 0) is 33.1 Å². The fourth-order valence-electron chi connectivity index (χ4n) is 2.14. The summed E-state index contributed by atoms with van der Waals surface area (Å²) in [7, 11) is 0. The second-order valence-electron chi connectivity index (χ2n) is 5.95. The number of carbonyl (C=O) groups excluding carboxylic acids is 1. The smallest absolute Gasteiger partial charge is 0.410 e. The van der Waals surface area contributed by atoms with E-state index in [1.165, 1.54) is 0 Å². The molecule has 1 saturated heterocycles. The number of amides is 1. The molecular weight excluding hydrogens is 230 g/mol. The first-order valence-corrected chi connectivity index (χ1v) is 6.51. The first-order valence-electron chi connectivity index (χ1n) is 6.51. The normalized spacial score (nSPS) is 24.1. The van der Waals surface area contributed by atoms with Gasteiger partial charge in [-0.1, -0.05) is 13.0 Å². The van der Waals surface area contributed by atoms with Crippen LogP contribution in [0.2, 0.25) is 0 Å². The molecule has 1 aliphatic heterocycles. The number of hydrogen-bond acceptors (Lipinski definition) is 3. The Balaban J connectivity index is 2.55. The summed E-state index contributed by atoms with van der Waals surface area (Å²) in [4.78, 5) is 13.9. The molecular formula is C14H25NO3. The maximum atomic E-state index is 12.1. The minimum atomic E-state index is -0.449. The SMILES string of the molecule is C=CCOC[C@@H]1C[C@@H](C)CN1C(=O)OC(C)(C)C. The van der Waals surface area contributed by atoms with Crippen molar-refractivity contribution in [2.75, 3.05) is 19.8 Å². The lowest BCUT2D eigenvalue weighted by Crippen LogP contribution is -2.41. The Kier molecular flexibility index (Phi) is 5.20. The van der Waals surface area contributed by atoms with Crippen molar-refractivity contribution in [1.82, 2.24) is 4.90 Å². The highest BCUT2D eigenvalue weighted by Crippen LogP contribution is 2.25. The van der Waals surface area contributed by atoms with Gasteiger partial charge in [0.05, 0.1) is 19.3 Å². The first-order chi connectivity index (χ1) is 8.33. The van der Waals surface area contributed by atoms with Crippen LogP contribution in [0.3, 0.4) is 0 Å². The van der Waals surface area contributed by atoms with E-state index in [1.807, 2.05) is 20.8 Å². The summed E-state index contributed by atoms with van der Waals surface area (Å²) >= 11 is 0. The zero-order chi connectivity index (χ0) is 13.8.